The Morgan fingerprint density at radius 3 is 2.42 bits per heavy atom. The van der Waals surface area contributed by atoms with Crippen molar-refractivity contribution in [2.45, 2.75) is 62.3 Å². The Kier molecular flexibility index (Phi) is 10.5. The summed E-state index contributed by atoms with van der Waals surface area (Å²) < 4.78 is 52.7. The van der Waals surface area contributed by atoms with E-state index in [4.69, 9.17) is 20.3 Å². The van der Waals surface area contributed by atoms with Crippen molar-refractivity contribution >= 4 is 52.2 Å². The van der Waals surface area contributed by atoms with Crippen LogP contribution in [-0.2, 0) is 31.6 Å². The van der Waals surface area contributed by atoms with Crippen LogP contribution in [0.2, 0.25) is 0 Å². The molecule has 0 radical (unpaired) electrons. The molecule has 2 aromatic heterocycles. The van der Waals surface area contributed by atoms with E-state index in [9.17, 15) is 33.7 Å². The molecular weight excluding hydrogens is 595 g/mol. The summed E-state index contributed by atoms with van der Waals surface area (Å²) >= 11 is 1.38. The van der Waals surface area contributed by atoms with Crippen LogP contribution in [0.4, 0.5) is 5.82 Å². The monoisotopic (exact) mass is 623 g/mol. The van der Waals surface area contributed by atoms with Crippen LogP contribution in [-0.4, -0.2) is 80.0 Å². The number of aliphatic hydroxyl groups is 2. The van der Waals surface area contributed by atoms with Gasteiger partial charge in [0.15, 0.2) is 22.8 Å². The first kappa shape index (κ1) is 31.5. The van der Waals surface area contributed by atoms with E-state index in [1.807, 2.05) is 0 Å². The van der Waals surface area contributed by atoms with Crippen molar-refractivity contribution in [1.29, 1.82) is 0 Å². The van der Waals surface area contributed by atoms with Gasteiger partial charge in [0.05, 0.1) is 12.9 Å². The second kappa shape index (κ2) is 12.7. The lowest BCUT2D eigenvalue weighted by atomic mass is 10.1. The molecule has 8 N–H and O–H groups in total. The van der Waals surface area contributed by atoms with Gasteiger partial charge in [-0.3, -0.25) is 9.09 Å². The highest BCUT2D eigenvalue weighted by molar-refractivity contribution is 7.99. The Bertz CT molecular complexity index is 1260. The van der Waals surface area contributed by atoms with Crippen LogP contribution < -0.4 is 5.73 Å². The number of aliphatic hydroxyl groups excluding tert-OH is 2. The molecule has 38 heavy (non-hydrogen) atoms. The summed E-state index contributed by atoms with van der Waals surface area (Å²) in [5.41, 5.74) is 6.41. The van der Waals surface area contributed by atoms with Crippen molar-refractivity contribution in [2.24, 2.45) is 0 Å². The number of anilines is 1. The summed E-state index contributed by atoms with van der Waals surface area (Å²) in [6.07, 6.45) is -0.607. The van der Waals surface area contributed by atoms with Gasteiger partial charge in [-0.2, -0.15) is 8.62 Å². The number of fused-ring (bicyclic) bond motifs is 1. The highest BCUT2D eigenvalue weighted by Gasteiger charge is 2.47. The molecule has 3 heterocycles. The summed E-state index contributed by atoms with van der Waals surface area (Å²) in [7, 11) is -16.7. The normalized spacial score (nSPS) is 25.4. The van der Waals surface area contributed by atoms with Gasteiger partial charge in [-0.1, -0.05) is 37.9 Å². The molecule has 18 nitrogen and oxygen atoms in total. The average molecular weight is 623 g/mol. The zero-order valence-electron chi connectivity index (χ0n) is 19.8. The number of hydrogen-bond donors (Lipinski definition) is 7. The van der Waals surface area contributed by atoms with E-state index in [1.165, 1.54) is 22.7 Å². The van der Waals surface area contributed by atoms with Gasteiger partial charge >= 0.3 is 23.5 Å². The lowest BCUT2D eigenvalue weighted by Gasteiger charge is -2.19. The van der Waals surface area contributed by atoms with Crippen LogP contribution in [0.15, 0.2) is 11.5 Å². The molecule has 0 bridgehead atoms. The van der Waals surface area contributed by atoms with Crippen molar-refractivity contribution in [2.75, 3.05) is 18.1 Å². The Morgan fingerprint density at radius 2 is 1.76 bits per heavy atom. The molecule has 1 saturated heterocycles. The predicted molar refractivity (Wildman–Crippen MR) is 130 cm³/mol. The maximum absolute atomic E-state index is 12.0. The lowest BCUT2D eigenvalue weighted by Crippen LogP contribution is -2.33. The molecule has 216 valence electrons. The van der Waals surface area contributed by atoms with Crippen LogP contribution in [0.25, 0.3) is 11.2 Å². The van der Waals surface area contributed by atoms with Gasteiger partial charge in [0.1, 0.15) is 23.8 Å². The number of nitrogen functional groups attached to an aromatic ring is 1. The van der Waals surface area contributed by atoms with Crippen molar-refractivity contribution in [3.8, 4) is 0 Å². The second-order valence-electron chi connectivity index (χ2n) is 8.06. The summed E-state index contributed by atoms with van der Waals surface area (Å²) in [6, 6.07) is 0. The number of phosphoric acid groups is 3. The third-order valence-electron chi connectivity index (χ3n) is 5.09. The summed E-state index contributed by atoms with van der Waals surface area (Å²) in [6.45, 7) is 1.15. The maximum atomic E-state index is 12.0. The Morgan fingerprint density at radius 1 is 1.05 bits per heavy atom. The molecule has 2 aromatic rings. The number of ether oxygens (including phenoxy) is 1. The van der Waals surface area contributed by atoms with E-state index in [-0.39, 0.29) is 17.0 Å². The Hall–Kier alpha value is -1.01. The number of imidazole rings is 1. The minimum atomic E-state index is -5.72. The zero-order chi connectivity index (χ0) is 28.3. The number of phosphoric ester groups is 1. The number of nitrogens with two attached hydrogens (primary N) is 1. The molecule has 1 aliphatic heterocycles. The number of nitrogens with zero attached hydrogens (tertiary/aromatic N) is 4. The molecule has 22 heteroatoms. The first-order chi connectivity index (χ1) is 17.6. The van der Waals surface area contributed by atoms with E-state index in [0.717, 1.165) is 31.4 Å². The fourth-order valence-electron chi connectivity index (χ4n) is 3.43. The van der Waals surface area contributed by atoms with E-state index in [2.05, 4.69) is 35.0 Å². The molecule has 1 fully saturated rings. The molecule has 0 amide bonds. The Labute approximate surface area is 220 Å². The van der Waals surface area contributed by atoms with E-state index in [0.29, 0.717) is 5.16 Å². The molecule has 1 aliphatic rings. The molecule has 3 rings (SSSR count). The SMILES string of the molecule is CCCCCCSc1nc(N)c2ncn([C@@H]3O[C@H](COP(=O)(O)OP(=O)(O)OP(=O)(O)O)[C@@H](O)[C@H]3O)c2n1. The summed E-state index contributed by atoms with van der Waals surface area (Å²) in [4.78, 5) is 48.8. The third kappa shape index (κ3) is 8.49. The minimum Gasteiger partial charge on any atom is -0.387 e. The minimum absolute atomic E-state index is 0.0852. The van der Waals surface area contributed by atoms with Crippen LogP contribution in [0, 0.1) is 0 Å². The molecule has 0 saturated carbocycles. The molecule has 0 aliphatic carbocycles. The highest BCUT2D eigenvalue weighted by Crippen LogP contribution is 2.66. The van der Waals surface area contributed by atoms with Gasteiger partial charge < -0.3 is 40.3 Å². The number of aromatic nitrogens is 4. The van der Waals surface area contributed by atoms with E-state index >= 15 is 0 Å². The van der Waals surface area contributed by atoms with Crippen LogP contribution >= 0.6 is 35.2 Å². The molecule has 2 unspecified atom stereocenters. The standard InChI is InChI=1S/C16H28N5O13P3S/c1-2-3-4-5-6-38-16-19-13(17)10-14(20-16)21(8-18-10)15-12(23)11(22)9(32-15)7-31-36(27,28)34-37(29,30)33-35(24,25)26/h8-9,11-12,15,22-23H,2-7H2,1H3,(H,27,28)(H,29,30)(H2,17,19,20)(H2,24,25,26)/t9-,11-,12-,15-/m1/s1. The average Bonchev–Trinajstić information content (AvgIpc) is 3.31. The fraction of sp³-hybridized carbons (Fsp3) is 0.688. The van der Waals surface area contributed by atoms with Gasteiger partial charge in [-0.05, 0) is 6.42 Å². The molecule has 0 aromatic carbocycles. The largest absolute Gasteiger partial charge is 0.490 e. The smallest absolute Gasteiger partial charge is 0.387 e. The van der Waals surface area contributed by atoms with Gasteiger partial charge in [0.25, 0.3) is 0 Å². The first-order valence-electron chi connectivity index (χ1n) is 11.1. The summed E-state index contributed by atoms with van der Waals surface area (Å²) in [5.74, 6) is 0.838. The maximum Gasteiger partial charge on any atom is 0.490 e. The van der Waals surface area contributed by atoms with Crippen LogP contribution in [0.3, 0.4) is 0 Å². The lowest BCUT2D eigenvalue weighted by molar-refractivity contribution is -0.0503. The van der Waals surface area contributed by atoms with Gasteiger partial charge in [-0.15, -0.1) is 0 Å². The van der Waals surface area contributed by atoms with Gasteiger partial charge in [0, 0.05) is 5.75 Å². The number of unbranched alkanes of at least 4 members (excludes halogenated alkanes) is 3. The highest BCUT2D eigenvalue weighted by atomic mass is 32.2. The molecule has 0 spiro atoms. The topological polar surface area (TPSA) is 279 Å². The predicted octanol–water partition coefficient (Wildman–Crippen LogP) is 1.04. The fourth-order valence-corrected chi connectivity index (χ4v) is 7.30. The van der Waals surface area contributed by atoms with Crippen molar-refractivity contribution in [3.05, 3.63) is 6.33 Å². The zero-order valence-corrected chi connectivity index (χ0v) is 23.3. The first-order valence-corrected chi connectivity index (χ1v) is 16.6. The Balaban J connectivity index is 1.70. The van der Waals surface area contributed by atoms with E-state index < -0.39 is 54.6 Å². The van der Waals surface area contributed by atoms with Crippen LogP contribution in [0.5, 0.6) is 0 Å². The van der Waals surface area contributed by atoms with Gasteiger partial charge in [0.2, 0.25) is 0 Å². The summed E-state index contributed by atoms with van der Waals surface area (Å²) in [5, 5.41) is 21.3. The number of thioether (sulfide) groups is 1. The quantitative estimate of drug-likeness (QED) is 0.0669. The second-order valence-corrected chi connectivity index (χ2v) is 13.5. The van der Waals surface area contributed by atoms with Crippen molar-refractivity contribution in [1.82, 2.24) is 19.5 Å². The van der Waals surface area contributed by atoms with Crippen LogP contribution in [0.1, 0.15) is 38.8 Å². The van der Waals surface area contributed by atoms with Gasteiger partial charge in [-0.25, -0.2) is 28.6 Å². The van der Waals surface area contributed by atoms with Crippen molar-refractivity contribution < 1.29 is 61.4 Å². The number of rotatable bonds is 14. The van der Waals surface area contributed by atoms with Crippen molar-refractivity contribution in [3.63, 3.8) is 0 Å². The number of hydrogen-bond acceptors (Lipinski definition) is 14. The molecular formula is C16H28N5O13P3S. The molecule has 6 atom stereocenters. The van der Waals surface area contributed by atoms with E-state index in [1.54, 1.807) is 0 Å². The third-order valence-corrected chi connectivity index (χ3v) is 9.82.